The van der Waals surface area contributed by atoms with Crippen molar-refractivity contribution in [3.8, 4) is 5.75 Å². The number of nitrogens with one attached hydrogen (secondary N) is 1. The molecule has 2 heterocycles. The van der Waals surface area contributed by atoms with E-state index >= 15 is 0 Å². The Kier molecular flexibility index (Phi) is 2.98. The van der Waals surface area contributed by atoms with Crippen molar-refractivity contribution >= 4 is 0 Å². The standard InChI is InChI=1S/C14H17N3O2/c1-14(2)6-11-5-10(3-4-12(11)19-14)7-15-8-13-16-9-18-17-13/h3-5,9,15H,6-8H2,1-2H3. The van der Waals surface area contributed by atoms with E-state index in [1.54, 1.807) is 0 Å². The molecule has 0 saturated heterocycles. The van der Waals surface area contributed by atoms with E-state index < -0.39 is 0 Å². The molecule has 1 N–H and O–H groups in total. The number of hydrogen-bond donors (Lipinski definition) is 1. The highest BCUT2D eigenvalue weighted by molar-refractivity contribution is 5.41. The molecule has 19 heavy (non-hydrogen) atoms. The molecule has 0 aliphatic carbocycles. The lowest BCUT2D eigenvalue weighted by atomic mass is 10.0. The molecule has 0 atom stereocenters. The summed E-state index contributed by atoms with van der Waals surface area (Å²) >= 11 is 0. The van der Waals surface area contributed by atoms with Crippen LogP contribution in [0.5, 0.6) is 5.75 Å². The predicted octanol–water partition coefficient (Wildman–Crippen LogP) is 2.07. The van der Waals surface area contributed by atoms with Gasteiger partial charge in [-0.25, -0.2) is 0 Å². The van der Waals surface area contributed by atoms with Gasteiger partial charge in [0.05, 0.1) is 6.54 Å². The molecular formula is C14H17N3O2. The molecule has 1 aliphatic rings. The van der Waals surface area contributed by atoms with Crippen molar-refractivity contribution in [1.82, 2.24) is 15.5 Å². The van der Waals surface area contributed by atoms with E-state index in [9.17, 15) is 0 Å². The molecular weight excluding hydrogens is 242 g/mol. The summed E-state index contributed by atoms with van der Waals surface area (Å²) < 4.78 is 10.5. The van der Waals surface area contributed by atoms with Gasteiger partial charge in [-0.05, 0) is 31.0 Å². The lowest BCUT2D eigenvalue weighted by Crippen LogP contribution is -2.24. The maximum atomic E-state index is 5.86. The highest BCUT2D eigenvalue weighted by atomic mass is 16.5. The van der Waals surface area contributed by atoms with Crippen LogP contribution in [0.3, 0.4) is 0 Å². The summed E-state index contributed by atoms with van der Waals surface area (Å²) in [6.07, 6.45) is 2.30. The van der Waals surface area contributed by atoms with Gasteiger partial charge < -0.3 is 14.6 Å². The van der Waals surface area contributed by atoms with E-state index in [1.807, 2.05) is 0 Å². The second-order valence-corrected chi connectivity index (χ2v) is 5.43. The van der Waals surface area contributed by atoms with E-state index in [0.29, 0.717) is 12.4 Å². The molecule has 1 aromatic carbocycles. The van der Waals surface area contributed by atoms with Crippen molar-refractivity contribution < 1.29 is 9.26 Å². The fraction of sp³-hybridized carbons (Fsp3) is 0.429. The van der Waals surface area contributed by atoms with Crippen molar-refractivity contribution in [2.24, 2.45) is 0 Å². The van der Waals surface area contributed by atoms with Gasteiger partial charge in [0.2, 0.25) is 6.39 Å². The molecule has 0 saturated carbocycles. The molecule has 0 bridgehead atoms. The molecule has 5 heteroatoms. The molecule has 0 amide bonds. The highest BCUT2D eigenvalue weighted by Crippen LogP contribution is 2.35. The summed E-state index contributed by atoms with van der Waals surface area (Å²) in [5, 5.41) is 7.05. The van der Waals surface area contributed by atoms with E-state index in [2.05, 4.69) is 52.0 Å². The zero-order chi connectivity index (χ0) is 13.3. The summed E-state index contributed by atoms with van der Waals surface area (Å²) in [6, 6.07) is 6.34. The van der Waals surface area contributed by atoms with Crippen LogP contribution in [0.15, 0.2) is 29.1 Å². The van der Waals surface area contributed by atoms with Gasteiger partial charge >= 0.3 is 0 Å². The molecule has 1 aromatic heterocycles. The number of benzene rings is 1. The van der Waals surface area contributed by atoms with E-state index in [-0.39, 0.29) is 5.60 Å². The number of ether oxygens (including phenoxy) is 1. The molecule has 3 rings (SSSR count). The third-order valence-corrected chi connectivity index (χ3v) is 3.15. The molecule has 0 radical (unpaired) electrons. The molecule has 2 aromatic rings. The second-order valence-electron chi connectivity index (χ2n) is 5.43. The van der Waals surface area contributed by atoms with Crippen LogP contribution in [0.1, 0.15) is 30.8 Å². The van der Waals surface area contributed by atoms with Gasteiger partial charge in [0, 0.05) is 13.0 Å². The quantitative estimate of drug-likeness (QED) is 0.910. The fourth-order valence-corrected chi connectivity index (χ4v) is 2.36. The van der Waals surface area contributed by atoms with Crippen molar-refractivity contribution in [3.05, 3.63) is 41.5 Å². The Balaban J connectivity index is 1.61. The maximum absolute atomic E-state index is 5.86. The Morgan fingerprint density at radius 2 is 2.21 bits per heavy atom. The average Bonchev–Trinajstić information content (AvgIpc) is 2.94. The minimum atomic E-state index is -0.0843. The van der Waals surface area contributed by atoms with Crippen molar-refractivity contribution in [2.45, 2.75) is 39.0 Å². The molecule has 0 unspecified atom stereocenters. The van der Waals surface area contributed by atoms with E-state index in [4.69, 9.17) is 4.74 Å². The minimum Gasteiger partial charge on any atom is -0.487 e. The SMILES string of the molecule is CC1(C)Cc2cc(CNCc3ncon3)ccc2O1. The van der Waals surface area contributed by atoms with Crippen molar-refractivity contribution in [3.63, 3.8) is 0 Å². The number of fused-ring (bicyclic) bond motifs is 1. The number of aromatic nitrogens is 2. The number of hydrogen-bond acceptors (Lipinski definition) is 5. The third-order valence-electron chi connectivity index (χ3n) is 3.15. The topological polar surface area (TPSA) is 60.2 Å². The van der Waals surface area contributed by atoms with Gasteiger partial charge in [0.15, 0.2) is 5.82 Å². The summed E-state index contributed by atoms with van der Waals surface area (Å²) in [5.41, 5.74) is 2.44. The van der Waals surface area contributed by atoms with Crippen LogP contribution in [0, 0.1) is 0 Å². The van der Waals surface area contributed by atoms with Gasteiger partial charge in [0.1, 0.15) is 11.4 Å². The smallest absolute Gasteiger partial charge is 0.213 e. The van der Waals surface area contributed by atoms with Crippen LogP contribution in [0.2, 0.25) is 0 Å². The zero-order valence-corrected chi connectivity index (χ0v) is 11.1. The Hall–Kier alpha value is -1.88. The van der Waals surface area contributed by atoms with Crippen LogP contribution in [-0.2, 0) is 19.5 Å². The van der Waals surface area contributed by atoms with Crippen LogP contribution in [-0.4, -0.2) is 15.7 Å². The maximum Gasteiger partial charge on any atom is 0.213 e. The number of rotatable bonds is 4. The molecule has 1 aliphatic heterocycles. The molecule has 100 valence electrons. The first-order valence-electron chi connectivity index (χ1n) is 6.39. The summed E-state index contributed by atoms with van der Waals surface area (Å²) in [6.45, 7) is 5.61. The first-order valence-corrected chi connectivity index (χ1v) is 6.39. The monoisotopic (exact) mass is 259 g/mol. The van der Waals surface area contributed by atoms with Crippen molar-refractivity contribution in [2.75, 3.05) is 0 Å². The summed E-state index contributed by atoms with van der Waals surface area (Å²) in [7, 11) is 0. The summed E-state index contributed by atoms with van der Waals surface area (Å²) in [5.74, 6) is 1.68. The minimum absolute atomic E-state index is 0.0843. The average molecular weight is 259 g/mol. The second kappa shape index (κ2) is 4.66. The Morgan fingerprint density at radius 1 is 1.32 bits per heavy atom. The highest BCUT2D eigenvalue weighted by Gasteiger charge is 2.29. The Labute approximate surface area is 112 Å². The van der Waals surface area contributed by atoms with Gasteiger partial charge in [-0.1, -0.05) is 17.3 Å². The Morgan fingerprint density at radius 3 is 3.00 bits per heavy atom. The van der Waals surface area contributed by atoms with Crippen LogP contribution in [0.25, 0.3) is 0 Å². The normalized spacial score (nSPS) is 16.1. The van der Waals surface area contributed by atoms with Gasteiger partial charge in [-0.15, -0.1) is 0 Å². The first-order chi connectivity index (χ1) is 9.12. The Bertz CT molecular complexity index is 564. The zero-order valence-electron chi connectivity index (χ0n) is 11.1. The predicted molar refractivity (Wildman–Crippen MR) is 69.7 cm³/mol. The fourth-order valence-electron chi connectivity index (χ4n) is 2.36. The lowest BCUT2D eigenvalue weighted by Gasteiger charge is -2.16. The third kappa shape index (κ3) is 2.76. The molecule has 5 nitrogen and oxygen atoms in total. The van der Waals surface area contributed by atoms with E-state index in [0.717, 1.165) is 18.7 Å². The molecule has 0 spiro atoms. The molecule has 0 fully saturated rings. The largest absolute Gasteiger partial charge is 0.487 e. The van der Waals surface area contributed by atoms with E-state index in [1.165, 1.54) is 17.5 Å². The lowest BCUT2D eigenvalue weighted by molar-refractivity contribution is 0.138. The van der Waals surface area contributed by atoms with Gasteiger partial charge in [-0.2, -0.15) is 4.98 Å². The van der Waals surface area contributed by atoms with Gasteiger partial charge in [0.25, 0.3) is 0 Å². The number of nitrogens with zero attached hydrogens (tertiary/aromatic N) is 2. The first kappa shape index (κ1) is 12.2. The van der Waals surface area contributed by atoms with Crippen LogP contribution >= 0.6 is 0 Å². The van der Waals surface area contributed by atoms with Gasteiger partial charge in [-0.3, -0.25) is 0 Å². The summed E-state index contributed by atoms with van der Waals surface area (Å²) in [4.78, 5) is 3.96. The van der Waals surface area contributed by atoms with Crippen molar-refractivity contribution in [1.29, 1.82) is 0 Å². The van der Waals surface area contributed by atoms with Crippen LogP contribution in [0.4, 0.5) is 0 Å². The van der Waals surface area contributed by atoms with Crippen LogP contribution < -0.4 is 10.1 Å².